The highest BCUT2D eigenvalue weighted by Crippen LogP contribution is 2.40. The first-order valence-corrected chi connectivity index (χ1v) is 9.14. The number of hydrogen-bond donors (Lipinski definition) is 2. The molecule has 0 spiro atoms. The van der Waals surface area contributed by atoms with E-state index in [1.807, 2.05) is 24.4 Å². The molecule has 4 N–H and O–H groups in total. The Morgan fingerprint density at radius 3 is 2.96 bits per heavy atom. The van der Waals surface area contributed by atoms with Gasteiger partial charge in [-0.05, 0) is 43.7 Å². The Morgan fingerprint density at radius 2 is 2.16 bits per heavy atom. The third-order valence-corrected chi connectivity index (χ3v) is 5.45. The molecule has 1 fully saturated rings. The number of anilines is 1. The van der Waals surface area contributed by atoms with Gasteiger partial charge in [-0.25, -0.2) is 0 Å². The molecule has 3 atom stereocenters. The summed E-state index contributed by atoms with van der Waals surface area (Å²) in [7, 11) is 0. The van der Waals surface area contributed by atoms with Crippen LogP contribution in [0.4, 0.5) is 5.69 Å². The molecule has 132 valence electrons. The summed E-state index contributed by atoms with van der Waals surface area (Å²) in [6.07, 6.45) is 4.83. The van der Waals surface area contributed by atoms with Crippen molar-refractivity contribution in [2.75, 3.05) is 18.8 Å². The number of piperidine rings is 1. The predicted molar refractivity (Wildman–Crippen MR) is 99.7 cm³/mol. The molecule has 0 unspecified atom stereocenters. The SMILES string of the molecule is Nc1ccc(O[C@@H]2c3cccnc3C[C@H]2N2CCC[C@@H](N)C2)c(Cl)c1. The van der Waals surface area contributed by atoms with Crippen molar-refractivity contribution in [2.24, 2.45) is 5.73 Å². The maximum atomic E-state index is 6.38. The highest BCUT2D eigenvalue weighted by Gasteiger charge is 2.40. The van der Waals surface area contributed by atoms with E-state index in [2.05, 4.69) is 16.0 Å². The normalized spacial score (nSPS) is 26.4. The van der Waals surface area contributed by atoms with E-state index in [-0.39, 0.29) is 18.2 Å². The largest absolute Gasteiger partial charge is 0.482 e. The van der Waals surface area contributed by atoms with Crippen LogP contribution in [0.25, 0.3) is 0 Å². The Bertz CT molecular complexity index is 769. The third kappa shape index (κ3) is 3.32. The zero-order chi connectivity index (χ0) is 17.4. The summed E-state index contributed by atoms with van der Waals surface area (Å²) in [5.74, 6) is 0.656. The molecule has 1 aliphatic heterocycles. The number of likely N-dealkylation sites (tertiary alicyclic amines) is 1. The fraction of sp³-hybridized carbons (Fsp3) is 0.421. The summed E-state index contributed by atoms with van der Waals surface area (Å²) in [5.41, 5.74) is 14.9. The lowest BCUT2D eigenvalue weighted by molar-refractivity contribution is 0.0593. The summed E-state index contributed by atoms with van der Waals surface area (Å²) in [5, 5.41) is 0.534. The number of benzene rings is 1. The Morgan fingerprint density at radius 1 is 1.28 bits per heavy atom. The van der Waals surface area contributed by atoms with Gasteiger partial charge in [-0.3, -0.25) is 9.88 Å². The molecule has 4 rings (SSSR count). The zero-order valence-electron chi connectivity index (χ0n) is 14.1. The van der Waals surface area contributed by atoms with Gasteiger partial charge in [-0.2, -0.15) is 0 Å². The van der Waals surface area contributed by atoms with Crippen molar-refractivity contribution in [2.45, 2.75) is 37.5 Å². The molecule has 1 aromatic carbocycles. The number of halogens is 1. The molecule has 25 heavy (non-hydrogen) atoms. The summed E-state index contributed by atoms with van der Waals surface area (Å²) < 4.78 is 6.38. The van der Waals surface area contributed by atoms with E-state index in [0.717, 1.165) is 43.6 Å². The second-order valence-electron chi connectivity index (χ2n) is 6.94. The molecule has 0 radical (unpaired) electrons. The Labute approximate surface area is 152 Å². The van der Waals surface area contributed by atoms with E-state index < -0.39 is 0 Å². The van der Waals surface area contributed by atoms with Crippen LogP contribution in [0.1, 0.15) is 30.2 Å². The van der Waals surface area contributed by atoms with E-state index >= 15 is 0 Å². The second-order valence-corrected chi connectivity index (χ2v) is 7.34. The van der Waals surface area contributed by atoms with Crippen LogP contribution in [0.2, 0.25) is 5.02 Å². The zero-order valence-corrected chi connectivity index (χ0v) is 14.8. The Balaban J connectivity index is 1.65. The maximum Gasteiger partial charge on any atom is 0.141 e. The van der Waals surface area contributed by atoms with Crippen molar-refractivity contribution in [3.8, 4) is 5.75 Å². The van der Waals surface area contributed by atoms with E-state index in [4.69, 9.17) is 27.8 Å². The lowest BCUT2D eigenvalue weighted by Gasteiger charge is -2.38. The minimum atomic E-state index is -0.102. The van der Waals surface area contributed by atoms with Gasteiger partial charge in [0.1, 0.15) is 11.9 Å². The molecule has 1 saturated heterocycles. The van der Waals surface area contributed by atoms with Crippen molar-refractivity contribution in [3.05, 3.63) is 52.8 Å². The average molecular weight is 359 g/mol. The predicted octanol–water partition coefficient (Wildman–Crippen LogP) is 2.79. The summed E-state index contributed by atoms with van der Waals surface area (Å²) in [6, 6.07) is 9.89. The monoisotopic (exact) mass is 358 g/mol. The van der Waals surface area contributed by atoms with Crippen LogP contribution < -0.4 is 16.2 Å². The van der Waals surface area contributed by atoms with Gasteiger partial charge < -0.3 is 16.2 Å². The highest BCUT2D eigenvalue weighted by molar-refractivity contribution is 6.32. The lowest BCUT2D eigenvalue weighted by atomic mass is 10.0. The number of nitrogens with zero attached hydrogens (tertiary/aromatic N) is 2. The van der Waals surface area contributed by atoms with E-state index in [9.17, 15) is 0 Å². The second kappa shape index (κ2) is 6.83. The number of hydrogen-bond acceptors (Lipinski definition) is 5. The van der Waals surface area contributed by atoms with Gasteiger partial charge in [-0.15, -0.1) is 0 Å². The van der Waals surface area contributed by atoms with Crippen molar-refractivity contribution in [1.29, 1.82) is 0 Å². The van der Waals surface area contributed by atoms with Crippen LogP contribution >= 0.6 is 11.6 Å². The van der Waals surface area contributed by atoms with E-state index in [1.165, 1.54) is 0 Å². The quantitative estimate of drug-likeness (QED) is 0.825. The number of nitrogens with two attached hydrogens (primary N) is 2. The molecular formula is C19H23ClN4O. The molecule has 2 heterocycles. The van der Waals surface area contributed by atoms with Crippen LogP contribution in [-0.4, -0.2) is 35.1 Å². The van der Waals surface area contributed by atoms with Crippen molar-refractivity contribution < 1.29 is 4.74 Å². The first-order chi connectivity index (χ1) is 12.1. The molecule has 0 saturated carbocycles. The standard InChI is InChI=1S/C19H23ClN4O/c20-15-9-12(21)5-6-18(15)25-19-14-4-1-7-23-16(14)10-17(19)24-8-2-3-13(22)11-24/h1,4-7,9,13,17,19H,2-3,8,10-11,21-22H2/t13-,17-,19-/m1/s1. The molecule has 1 aromatic heterocycles. The Hall–Kier alpha value is -1.82. The van der Waals surface area contributed by atoms with Gasteiger partial charge in [0.25, 0.3) is 0 Å². The topological polar surface area (TPSA) is 77.4 Å². The minimum Gasteiger partial charge on any atom is -0.482 e. The van der Waals surface area contributed by atoms with Crippen LogP contribution in [0.3, 0.4) is 0 Å². The number of aromatic nitrogens is 1. The van der Waals surface area contributed by atoms with Crippen LogP contribution in [0.5, 0.6) is 5.75 Å². The first-order valence-electron chi connectivity index (χ1n) is 8.77. The lowest BCUT2D eigenvalue weighted by Crippen LogP contribution is -2.49. The molecule has 0 bridgehead atoms. The fourth-order valence-electron chi connectivity index (χ4n) is 3.95. The van der Waals surface area contributed by atoms with Gasteiger partial charge in [0.15, 0.2) is 0 Å². The summed E-state index contributed by atoms with van der Waals surface area (Å²) in [4.78, 5) is 7.01. The highest BCUT2D eigenvalue weighted by atomic mass is 35.5. The molecular weight excluding hydrogens is 336 g/mol. The molecule has 2 aliphatic rings. The first kappa shape index (κ1) is 16.6. The van der Waals surface area contributed by atoms with E-state index in [0.29, 0.717) is 16.5 Å². The molecule has 1 aliphatic carbocycles. The molecule has 2 aromatic rings. The fourth-order valence-corrected chi connectivity index (χ4v) is 4.18. The van der Waals surface area contributed by atoms with Gasteiger partial charge in [-0.1, -0.05) is 17.7 Å². The summed E-state index contributed by atoms with van der Waals surface area (Å²) >= 11 is 6.34. The Kier molecular flexibility index (Phi) is 4.54. The van der Waals surface area contributed by atoms with Gasteiger partial charge in [0.05, 0.1) is 11.1 Å². The number of ether oxygens (including phenoxy) is 1. The van der Waals surface area contributed by atoms with Crippen LogP contribution in [0.15, 0.2) is 36.5 Å². The van der Waals surface area contributed by atoms with Gasteiger partial charge in [0, 0.05) is 42.1 Å². The number of rotatable bonds is 3. The van der Waals surface area contributed by atoms with Gasteiger partial charge >= 0.3 is 0 Å². The minimum absolute atomic E-state index is 0.102. The van der Waals surface area contributed by atoms with Gasteiger partial charge in [0.2, 0.25) is 0 Å². The van der Waals surface area contributed by atoms with Crippen molar-refractivity contribution in [1.82, 2.24) is 9.88 Å². The van der Waals surface area contributed by atoms with Crippen molar-refractivity contribution >= 4 is 17.3 Å². The van der Waals surface area contributed by atoms with Crippen LogP contribution in [0, 0.1) is 0 Å². The van der Waals surface area contributed by atoms with Crippen molar-refractivity contribution in [3.63, 3.8) is 0 Å². The number of fused-ring (bicyclic) bond motifs is 1. The average Bonchev–Trinajstić information content (AvgIpc) is 2.96. The summed E-state index contributed by atoms with van der Waals surface area (Å²) in [6.45, 7) is 1.94. The number of pyridine rings is 1. The molecule has 6 heteroatoms. The molecule has 0 amide bonds. The number of nitrogen functional groups attached to an aromatic ring is 1. The smallest absolute Gasteiger partial charge is 0.141 e. The van der Waals surface area contributed by atoms with Crippen LogP contribution in [-0.2, 0) is 6.42 Å². The van der Waals surface area contributed by atoms with E-state index in [1.54, 1.807) is 6.07 Å². The maximum absolute atomic E-state index is 6.38. The molecule has 5 nitrogen and oxygen atoms in total. The third-order valence-electron chi connectivity index (χ3n) is 5.15.